The van der Waals surface area contributed by atoms with Crippen LogP contribution >= 0.6 is 0 Å². The van der Waals surface area contributed by atoms with Crippen LogP contribution in [0.2, 0.25) is 0 Å². The van der Waals surface area contributed by atoms with Crippen molar-refractivity contribution in [1.82, 2.24) is 30.7 Å². The van der Waals surface area contributed by atoms with Gasteiger partial charge >= 0.3 is 6.03 Å². The number of piperidine rings is 2. The second-order valence-electron chi connectivity index (χ2n) is 15.6. The highest BCUT2D eigenvalue weighted by atomic mass is 19.1. The van der Waals surface area contributed by atoms with E-state index in [0.717, 1.165) is 0 Å². The van der Waals surface area contributed by atoms with E-state index in [9.17, 15) is 18.4 Å². The van der Waals surface area contributed by atoms with Crippen molar-refractivity contribution >= 4 is 11.9 Å². The zero-order chi connectivity index (χ0) is 36.4. The summed E-state index contributed by atoms with van der Waals surface area (Å²) in [7, 11) is 0. The number of alkyl halides is 4. The lowest BCUT2D eigenvalue weighted by atomic mass is 9.71. The predicted octanol–water partition coefficient (Wildman–Crippen LogP) is 2.95. The van der Waals surface area contributed by atoms with Crippen molar-refractivity contribution < 1.29 is 41.4 Å². The first-order valence-corrected chi connectivity index (χ1v) is 19.1. The lowest BCUT2D eigenvalue weighted by molar-refractivity contribution is -0.179. The molecule has 1 aliphatic carbocycles. The molecule has 11 nitrogen and oxygen atoms in total. The van der Waals surface area contributed by atoms with E-state index in [1.165, 1.54) is 6.08 Å². The smallest absolute Gasteiger partial charge is 0.320 e. The van der Waals surface area contributed by atoms with Gasteiger partial charge in [-0.15, -0.1) is 0 Å². The van der Waals surface area contributed by atoms with E-state index in [-0.39, 0.29) is 68.5 Å². The van der Waals surface area contributed by atoms with Crippen LogP contribution in [0.15, 0.2) is 12.7 Å². The fraction of sp³-hybridized carbons (Fsp3) is 0.889. The number of hydrogen-bond donors (Lipinski definition) is 3. The molecule has 5 saturated heterocycles. The quantitative estimate of drug-likeness (QED) is 0.246. The van der Waals surface area contributed by atoms with Crippen LogP contribution in [0.3, 0.4) is 0 Å². The van der Waals surface area contributed by atoms with Gasteiger partial charge < -0.3 is 34.6 Å². The van der Waals surface area contributed by atoms with Gasteiger partial charge in [0.1, 0.15) is 31.8 Å². The van der Waals surface area contributed by atoms with Gasteiger partial charge in [0.15, 0.2) is 0 Å². The largest absolute Gasteiger partial charge is 0.375 e. The van der Waals surface area contributed by atoms with Gasteiger partial charge in [-0.2, -0.15) is 0 Å². The van der Waals surface area contributed by atoms with Gasteiger partial charge in [-0.05, 0) is 57.6 Å². The summed E-state index contributed by atoms with van der Waals surface area (Å²) in [6.07, 6.45) is -2.97. The van der Waals surface area contributed by atoms with E-state index in [1.54, 1.807) is 9.80 Å². The third-order valence-electron chi connectivity index (χ3n) is 12.4. The van der Waals surface area contributed by atoms with Gasteiger partial charge in [0.25, 0.3) is 0 Å². The highest BCUT2D eigenvalue weighted by Crippen LogP contribution is 2.44. The number of hydrogen-bond acceptors (Lipinski definition) is 8. The first-order valence-electron chi connectivity index (χ1n) is 19.1. The van der Waals surface area contributed by atoms with Crippen molar-refractivity contribution in [3.8, 4) is 0 Å². The second-order valence-corrected chi connectivity index (χ2v) is 15.6. The standard InChI is InChI=1S/C36H58F4N6O5/c1-5-28(47)44-13-14-45(21(4)18-44)34-23-17-25(40)31-29-24(39)7-6-8-26(29)51-19-27(49-15-10-37)33(50-16-11-38)22-9-12-41-30(20(2)3)32(22)46(35(23)42-31)36(48)43-34/h5,20-27,29-35,41-42H,1,6-19H2,2-4H3,(H,43,48)/t21-,22?,23?,24?,25?,26?,27?,29?,30?,31?,32?,33?,34?,35?/m0/s1. The van der Waals surface area contributed by atoms with Crippen LogP contribution in [0.5, 0.6) is 0 Å². The molecule has 51 heavy (non-hydrogen) atoms. The average molecular weight is 731 g/mol. The number of nitrogens with one attached hydrogen (secondary N) is 3. The van der Waals surface area contributed by atoms with Crippen molar-refractivity contribution in [2.45, 2.75) is 120 Å². The number of halogens is 4. The molecule has 3 N–H and O–H groups in total. The number of urea groups is 1. The van der Waals surface area contributed by atoms with E-state index in [4.69, 9.17) is 14.2 Å². The van der Waals surface area contributed by atoms with Crippen LogP contribution < -0.4 is 16.0 Å². The maximum absolute atomic E-state index is 16.8. The molecule has 3 amide bonds. The molecule has 0 aromatic carbocycles. The molecule has 6 rings (SSSR count). The maximum atomic E-state index is 16.8. The molecule has 5 aliphatic heterocycles. The first-order chi connectivity index (χ1) is 24.6. The molecule has 14 atom stereocenters. The topological polar surface area (TPSA) is 108 Å². The summed E-state index contributed by atoms with van der Waals surface area (Å²) in [6, 6.07) is -2.18. The third kappa shape index (κ3) is 7.80. The van der Waals surface area contributed by atoms with Gasteiger partial charge in [-0.3, -0.25) is 15.0 Å². The molecule has 0 radical (unpaired) electrons. The van der Waals surface area contributed by atoms with Crippen LogP contribution in [0.4, 0.5) is 22.4 Å². The second kappa shape index (κ2) is 17.0. The molecule has 290 valence electrons. The number of nitrogens with zero attached hydrogens (tertiary/aromatic N) is 3. The monoisotopic (exact) mass is 730 g/mol. The van der Waals surface area contributed by atoms with Gasteiger partial charge in [0.2, 0.25) is 5.91 Å². The van der Waals surface area contributed by atoms with Crippen LogP contribution in [0, 0.1) is 23.7 Å². The predicted molar refractivity (Wildman–Crippen MR) is 183 cm³/mol. The van der Waals surface area contributed by atoms with Crippen molar-refractivity contribution in [3.63, 3.8) is 0 Å². The van der Waals surface area contributed by atoms with Crippen LogP contribution in [-0.4, -0.2) is 153 Å². The highest BCUT2D eigenvalue weighted by molar-refractivity contribution is 5.87. The van der Waals surface area contributed by atoms with E-state index in [2.05, 4.69) is 41.3 Å². The molecule has 0 aromatic heterocycles. The van der Waals surface area contributed by atoms with E-state index in [0.29, 0.717) is 45.4 Å². The summed E-state index contributed by atoms with van der Waals surface area (Å²) >= 11 is 0. The van der Waals surface area contributed by atoms with E-state index in [1.807, 2.05) is 6.92 Å². The molecule has 5 heterocycles. The number of carbonyl (C=O) groups excluding carboxylic acids is 2. The summed E-state index contributed by atoms with van der Waals surface area (Å²) in [4.78, 5) is 32.9. The van der Waals surface area contributed by atoms with Crippen LogP contribution in [0.1, 0.15) is 52.9 Å². The molecule has 6 aliphatic rings. The number of rotatable bonds is 9. The van der Waals surface area contributed by atoms with E-state index >= 15 is 8.78 Å². The molecule has 15 heteroatoms. The Bertz CT molecular complexity index is 1210. The van der Waals surface area contributed by atoms with Crippen LogP contribution in [-0.2, 0) is 19.0 Å². The van der Waals surface area contributed by atoms with Crippen molar-refractivity contribution in [2.24, 2.45) is 23.7 Å². The minimum absolute atomic E-state index is 0.0414. The Morgan fingerprint density at radius 3 is 2.53 bits per heavy atom. The molecule has 0 aromatic rings. The van der Waals surface area contributed by atoms with Crippen LogP contribution in [0.25, 0.3) is 0 Å². The number of fused-ring (bicyclic) bond motifs is 5. The summed E-state index contributed by atoms with van der Waals surface area (Å²) in [5, 5.41) is 10.4. The summed E-state index contributed by atoms with van der Waals surface area (Å²) in [5.41, 5.74) is 0. The molecule has 1 saturated carbocycles. The number of piperazine rings is 1. The van der Waals surface area contributed by atoms with Gasteiger partial charge in [-0.1, -0.05) is 20.4 Å². The lowest BCUT2D eigenvalue weighted by Gasteiger charge is -2.61. The Hall–Kier alpha value is -2.04. The average Bonchev–Trinajstić information content (AvgIpc) is 3.11. The Labute approximate surface area is 299 Å². The number of ether oxygens (including phenoxy) is 3. The summed E-state index contributed by atoms with van der Waals surface area (Å²) in [6.45, 7) is 9.67. The molecule has 13 unspecified atom stereocenters. The molecule has 2 bridgehead atoms. The highest BCUT2D eigenvalue weighted by Gasteiger charge is 2.59. The molecular formula is C36H58F4N6O5. The first kappa shape index (κ1) is 38.7. The zero-order valence-electron chi connectivity index (χ0n) is 30.2. The van der Waals surface area contributed by atoms with Crippen molar-refractivity contribution in [1.29, 1.82) is 0 Å². The SMILES string of the molecule is C=CC(=O)N1CCN(C2NC(=O)N3C4NC(C(F)CC42)C2C(F)CCCC2OCC(OCCF)C(OCCF)C2CCNC(C(C)C)C23)[C@@H](C)C1. The van der Waals surface area contributed by atoms with Gasteiger partial charge in [0, 0.05) is 55.5 Å². The number of carbonyl (C=O) groups is 2. The number of amides is 3. The third-order valence-corrected chi connectivity index (χ3v) is 12.4. The van der Waals surface area contributed by atoms with Gasteiger partial charge in [0.05, 0.1) is 50.4 Å². The van der Waals surface area contributed by atoms with Crippen molar-refractivity contribution in [3.05, 3.63) is 12.7 Å². The lowest BCUT2D eigenvalue weighted by Crippen LogP contribution is -2.80. The molecule has 6 fully saturated rings. The maximum Gasteiger partial charge on any atom is 0.320 e. The Morgan fingerprint density at radius 1 is 1.06 bits per heavy atom. The zero-order valence-corrected chi connectivity index (χ0v) is 30.2. The fourth-order valence-corrected chi connectivity index (χ4v) is 10.2. The normalized spacial score (nSPS) is 42.2. The fourth-order valence-electron chi connectivity index (χ4n) is 10.2. The summed E-state index contributed by atoms with van der Waals surface area (Å²) in [5.74, 6) is -1.78. The Morgan fingerprint density at radius 2 is 1.82 bits per heavy atom. The molecular weight excluding hydrogens is 672 g/mol. The van der Waals surface area contributed by atoms with Gasteiger partial charge in [-0.25, -0.2) is 22.4 Å². The Balaban J connectivity index is 1.45. The Kier molecular flexibility index (Phi) is 12.9. The minimum Gasteiger partial charge on any atom is -0.375 e. The minimum atomic E-state index is -1.43. The van der Waals surface area contributed by atoms with Crippen molar-refractivity contribution in [2.75, 3.05) is 59.3 Å². The molecule has 0 spiro atoms. The summed E-state index contributed by atoms with van der Waals surface area (Å²) < 4.78 is 79.2. The van der Waals surface area contributed by atoms with E-state index < -0.39 is 80.3 Å².